The molecule has 2 atom stereocenters. The molecule has 0 spiro atoms. The van der Waals surface area contributed by atoms with Gasteiger partial charge in [-0.3, -0.25) is 9.69 Å². The summed E-state index contributed by atoms with van der Waals surface area (Å²) in [5.74, 6) is -1.81. The van der Waals surface area contributed by atoms with E-state index in [1.54, 1.807) is 34.6 Å². The molecule has 0 aliphatic carbocycles. The number of carbonyl (C=O) groups excluding carboxylic acids is 3. The Labute approximate surface area is 137 Å². The summed E-state index contributed by atoms with van der Waals surface area (Å²) in [6, 6.07) is -1.00. The first-order valence-corrected chi connectivity index (χ1v) is 8.04. The second-order valence-electron chi connectivity index (χ2n) is 6.37. The number of ether oxygens (including phenoxy) is 3. The lowest BCUT2D eigenvalue weighted by molar-refractivity contribution is -0.164. The Hall–Kier alpha value is -1.79. The van der Waals surface area contributed by atoms with Crippen molar-refractivity contribution in [3.63, 3.8) is 0 Å². The summed E-state index contributed by atoms with van der Waals surface area (Å²) in [5.41, 5.74) is -0.687. The van der Waals surface area contributed by atoms with E-state index in [4.69, 9.17) is 14.2 Å². The van der Waals surface area contributed by atoms with Crippen molar-refractivity contribution in [2.24, 2.45) is 5.92 Å². The molecule has 132 valence electrons. The van der Waals surface area contributed by atoms with Crippen LogP contribution in [0.25, 0.3) is 0 Å². The highest BCUT2D eigenvalue weighted by Gasteiger charge is 2.45. The lowest BCUT2D eigenvalue weighted by Crippen LogP contribution is -2.56. The first-order valence-electron chi connectivity index (χ1n) is 8.04. The number of likely N-dealkylation sites (tertiary alicyclic amines) is 1. The fourth-order valence-corrected chi connectivity index (χ4v) is 2.54. The van der Waals surface area contributed by atoms with E-state index < -0.39 is 35.6 Å². The van der Waals surface area contributed by atoms with Crippen LogP contribution in [0.3, 0.4) is 0 Å². The van der Waals surface area contributed by atoms with E-state index in [0.29, 0.717) is 19.4 Å². The van der Waals surface area contributed by atoms with E-state index in [2.05, 4.69) is 0 Å². The quantitative estimate of drug-likeness (QED) is 0.580. The summed E-state index contributed by atoms with van der Waals surface area (Å²) in [6.07, 6.45) is 0.449. The van der Waals surface area contributed by atoms with Crippen LogP contribution in [0.2, 0.25) is 0 Å². The van der Waals surface area contributed by atoms with Crippen molar-refractivity contribution in [1.29, 1.82) is 0 Å². The van der Waals surface area contributed by atoms with Gasteiger partial charge in [0.1, 0.15) is 11.6 Å². The fraction of sp³-hybridized carbons (Fsp3) is 0.812. The van der Waals surface area contributed by atoms with Crippen LogP contribution in [0.1, 0.15) is 47.5 Å². The van der Waals surface area contributed by atoms with Crippen molar-refractivity contribution >= 4 is 18.0 Å². The molecule has 1 aliphatic heterocycles. The zero-order chi connectivity index (χ0) is 17.6. The summed E-state index contributed by atoms with van der Waals surface area (Å²) in [7, 11) is 0. The van der Waals surface area contributed by atoms with Crippen molar-refractivity contribution in [2.45, 2.75) is 59.1 Å². The highest BCUT2D eigenvalue weighted by atomic mass is 16.6. The SMILES string of the molecule is CCOC(=O)[C@@H]1[C@H](C(=O)OCC)CCCN1C(=O)OC(C)(C)C. The predicted molar refractivity (Wildman–Crippen MR) is 82.7 cm³/mol. The average molecular weight is 329 g/mol. The molecule has 0 N–H and O–H groups in total. The summed E-state index contributed by atoms with van der Waals surface area (Å²) < 4.78 is 15.4. The van der Waals surface area contributed by atoms with E-state index in [1.807, 2.05) is 0 Å². The van der Waals surface area contributed by atoms with Gasteiger partial charge in [0.25, 0.3) is 0 Å². The third-order valence-electron chi connectivity index (χ3n) is 3.38. The Bertz CT molecular complexity index is 442. The van der Waals surface area contributed by atoms with Crippen LogP contribution in [0.5, 0.6) is 0 Å². The Morgan fingerprint density at radius 1 is 1.04 bits per heavy atom. The number of nitrogens with zero attached hydrogens (tertiary/aromatic N) is 1. The molecule has 1 rings (SSSR count). The molecule has 0 bridgehead atoms. The number of rotatable bonds is 4. The first kappa shape index (κ1) is 19.3. The van der Waals surface area contributed by atoms with E-state index >= 15 is 0 Å². The van der Waals surface area contributed by atoms with Gasteiger partial charge >= 0.3 is 18.0 Å². The monoisotopic (exact) mass is 329 g/mol. The highest BCUT2D eigenvalue weighted by Crippen LogP contribution is 2.28. The maximum atomic E-state index is 12.4. The van der Waals surface area contributed by atoms with E-state index in [1.165, 1.54) is 4.90 Å². The van der Waals surface area contributed by atoms with Gasteiger partial charge in [-0.25, -0.2) is 9.59 Å². The van der Waals surface area contributed by atoms with Gasteiger partial charge in [0.15, 0.2) is 0 Å². The molecule has 1 fully saturated rings. The minimum absolute atomic E-state index is 0.174. The van der Waals surface area contributed by atoms with Crippen molar-refractivity contribution < 1.29 is 28.6 Å². The molecule has 1 amide bonds. The standard InChI is InChI=1S/C16H27NO6/c1-6-21-13(18)11-9-8-10-17(12(11)14(19)22-7-2)15(20)23-16(3,4)5/h11-12H,6-10H2,1-5H3/t11-,12+/m1/s1. The smallest absolute Gasteiger partial charge is 0.411 e. The van der Waals surface area contributed by atoms with Gasteiger partial charge in [0.05, 0.1) is 19.1 Å². The average Bonchev–Trinajstić information content (AvgIpc) is 2.45. The van der Waals surface area contributed by atoms with Crippen LogP contribution >= 0.6 is 0 Å². The third-order valence-corrected chi connectivity index (χ3v) is 3.38. The Morgan fingerprint density at radius 3 is 2.13 bits per heavy atom. The van der Waals surface area contributed by atoms with Gasteiger partial charge in [-0.1, -0.05) is 0 Å². The molecule has 0 aromatic rings. The Kier molecular flexibility index (Phi) is 6.84. The molecule has 0 saturated carbocycles. The van der Waals surface area contributed by atoms with Crippen molar-refractivity contribution in [3.8, 4) is 0 Å². The van der Waals surface area contributed by atoms with Crippen LogP contribution in [0, 0.1) is 5.92 Å². The number of hydrogen-bond acceptors (Lipinski definition) is 6. The van der Waals surface area contributed by atoms with Gasteiger partial charge in [0.2, 0.25) is 0 Å². The Morgan fingerprint density at radius 2 is 1.61 bits per heavy atom. The van der Waals surface area contributed by atoms with Crippen molar-refractivity contribution in [3.05, 3.63) is 0 Å². The van der Waals surface area contributed by atoms with E-state index in [9.17, 15) is 14.4 Å². The topological polar surface area (TPSA) is 82.1 Å². The predicted octanol–water partition coefficient (Wildman–Crippen LogP) is 2.13. The lowest BCUT2D eigenvalue weighted by Gasteiger charge is -2.38. The van der Waals surface area contributed by atoms with Gasteiger partial charge in [0, 0.05) is 6.54 Å². The molecule has 7 heteroatoms. The molecule has 7 nitrogen and oxygen atoms in total. The van der Waals surface area contributed by atoms with Crippen LogP contribution in [0.4, 0.5) is 4.79 Å². The van der Waals surface area contributed by atoms with Crippen LogP contribution in [0.15, 0.2) is 0 Å². The van der Waals surface area contributed by atoms with Crippen molar-refractivity contribution in [1.82, 2.24) is 4.90 Å². The molecule has 0 aromatic carbocycles. The fourth-order valence-electron chi connectivity index (χ4n) is 2.54. The normalized spacial score (nSPS) is 21.5. The first-order chi connectivity index (χ1) is 10.7. The maximum absolute atomic E-state index is 12.4. The van der Waals surface area contributed by atoms with E-state index in [-0.39, 0.29) is 13.2 Å². The number of esters is 2. The maximum Gasteiger partial charge on any atom is 0.411 e. The molecule has 1 saturated heterocycles. The second kappa shape index (κ2) is 8.17. The molecule has 1 aliphatic rings. The molecular formula is C16H27NO6. The zero-order valence-electron chi connectivity index (χ0n) is 14.6. The summed E-state index contributed by atoms with van der Waals surface area (Å²) in [5, 5.41) is 0. The number of amides is 1. The molecule has 23 heavy (non-hydrogen) atoms. The minimum Gasteiger partial charge on any atom is -0.466 e. The number of carbonyl (C=O) groups is 3. The van der Waals surface area contributed by atoms with Gasteiger partial charge in [-0.2, -0.15) is 0 Å². The molecular weight excluding hydrogens is 302 g/mol. The zero-order valence-corrected chi connectivity index (χ0v) is 14.6. The highest BCUT2D eigenvalue weighted by molar-refractivity contribution is 5.88. The van der Waals surface area contributed by atoms with Gasteiger partial charge < -0.3 is 14.2 Å². The molecule has 1 heterocycles. The van der Waals surface area contributed by atoms with Crippen LogP contribution < -0.4 is 0 Å². The third kappa shape index (κ3) is 5.41. The van der Waals surface area contributed by atoms with E-state index in [0.717, 1.165) is 0 Å². The van der Waals surface area contributed by atoms with Crippen molar-refractivity contribution in [2.75, 3.05) is 19.8 Å². The number of hydrogen-bond donors (Lipinski definition) is 0. The molecule has 0 unspecified atom stereocenters. The molecule has 0 aromatic heterocycles. The van der Waals surface area contributed by atoms with Gasteiger partial charge in [-0.15, -0.1) is 0 Å². The van der Waals surface area contributed by atoms with Crippen LogP contribution in [-0.2, 0) is 23.8 Å². The molecule has 0 radical (unpaired) electrons. The second-order valence-corrected chi connectivity index (χ2v) is 6.37. The van der Waals surface area contributed by atoms with Gasteiger partial charge in [-0.05, 0) is 47.5 Å². The Balaban J connectivity index is 3.03. The summed E-state index contributed by atoms with van der Waals surface area (Å²) in [6.45, 7) is 9.35. The number of piperidine rings is 1. The lowest BCUT2D eigenvalue weighted by atomic mass is 9.89. The minimum atomic E-state index is -1.00. The summed E-state index contributed by atoms with van der Waals surface area (Å²) in [4.78, 5) is 38.2. The summed E-state index contributed by atoms with van der Waals surface area (Å²) >= 11 is 0. The largest absolute Gasteiger partial charge is 0.466 e. The van der Waals surface area contributed by atoms with Crippen LogP contribution in [-0.4, -0.2) is 54.3 Å².